The van der Waals surface area contributed by atoms with Crippen molar-refractivity contribution in [2.45, 2.75) is 6.42 Å². The van der Waals surface area contributed by atoms with Crippen LogP contribution < -0.4 is 0 Å². The summed E-state index contributed by atoms with van der Waals surface area (Å²) in [7, 11) is 0. The van der Waals surface area contributed by atoms with Gasteiger partial charge < -0.3 is 5.11 Å². The molecule has 0 radical (unpaired) electrons. The van der Waals surface area contributed by atoms with Crippen LogP contribution in [0, 0.1) is 0 Å². The third kappa shape index (κ3) is 5.56. The number of aliphatic carboxylic acids is 1. The van der Waals surface area contributed by atoms with E-state index >= 15 is 0 Å². The van der Waals surface area contributed by atoms with E-state index in [0.717, 1.165) is 0 Å². The summed E-state index contributed by atoms with van der Waals surface area (Å²) in [5.41, 5.74) is 0. The molecule has 0 saturated heterocycles. The SMILES string of the molecule is O=C(O)C/C=C\CS. The van der Waals surface area contributed by atoms with E-state index in [0.29, 0.717) is 5.75 Å². The van der Waals surface area contributed by atoms with Crippen molar-refractivity contribution in [3.05, 3.63) is 12.2 Å². The molecule has 3 heteroatoms. The summed E-state index contributed by atoms with van der Waals surface area (Å²) < 4.78 is 0. The topological polar surface area (TPSA) is 37.3 Å². The molecule has 0 unspecified atom stereocenters. The van der Waals surface area contributed by atoms with Crippen molar-refractivity contribution < 1.29 is 9.90 Å². The zero-order chi connectivity index (χ0) is 6.41. The Morgan fingerprint density at radius 2 is 2.25 bits per heavy atom. The summed E-state index contributed by atoms with van der Waals surface area (Å²) in [6, 6.07) is 0. The van der Waals surface area contributed by atoms with E-state index < -0.39 is 5.97 Å². The summed E-state index contributed by atoms with van der Waals surface area (Å²) in [6.07, 6.45) is 3.38. The molecule has 0 spiro atoms. The number of carbonyl (C=O) groups is 1. The van der Waals surface area contributed by atoms with Crippen molar-refractivity contribution in [2.24, 2.45) is 0 Å². The first-order valence-corrected chi connectivity index (χ1v) is 2.88. The highest BCUT2D eigenvalue weighted by atomic mass is 32.1. The maximum absolute atomic E-state index is 9.80. The second kappa shape index (κ2) is 4.71. The lowest BCUT2D eigenvalue weighted by molar-refractivity contribution is -0.135. The molecule has 2 nitrogen and oxygen atoms in total. The third-order valence-electron chi connectivity index (χ3n) is 0.565. The summed E-state index contributed by atoms with van der Waals surface area (Å²) in [6.45, 7) is 0. The molecular weight excluding hydrogens is 124 g/mol. The molecule has 0 heterocycles. The molecule has 0 bridgehead atoms. The minimum atomic E-state index is -0.803. The Bertz CT molecular complexity index is 98.6. The molecule has 0 aliphatic heterocycles. The first-order chi connectivity index (χ1) is 3.77. The van der Waals surface area contributed by atoms with E-state index in [1.807, 2.05) is 0 Å². The van der Waals surface area contributed by atoms with Gasteiger partial charge in [-0.1, -0.05) is 12.2 Å². The Balaban J connectivity index is 3.16. The Morgan fingerprint density at radius 1 is 1.62 bits per heavy atom. The van der Waals surface area contributed by atoms with Crippen LogP contribution in [0.5, 0.6) is 0 Å². The number of carboxylic acid groups (broad SMARTS) is 1. The highest BCUT2D eigenvalue weighted by molar-refractivity contribution is 7.80. The number of rotatable bonds is 3. The second-order valence-corrected chi connectivity index (χ2v) is 1.62. The quantitative estimate of drug-likeness (QED) is 0.443. The van der Waals surface area contributed by atoms with Crippen LogP contribution in [0.15, 0.2) is 12.2 Å². The molecular formula is C5H8O2S. The molecule has 0 saturated carbocycles. The van der Waals surface area contributed by atoms with Gasteiger partial charge in [-0.2, -0.15) is 12.6 Å². The van der Waals surface area contributed by atoms with Gasteiger partial charge in [0.25, 0.3) is 0 Å². The third-order valence-corrected chi connectivity index (χ3v) is 0.775. The van der Waals surface area contributed by atoms with Crippen LogP contribution in [-0.4, -0.2) is 16.8 Å². The monoisotopic (exact) mass is 132 g/mol. The summed E-state index contributed by atoms with van der Waals surface area (Å²) >= 11 is 3.84. The van der Waals surface area contributed by atoms with Gasteiger partial charge in [0, 0.05) is 5.75 Å². The molecule has 0 aliphatic rings. The minimum absolute atomic E-state index is 0.0978. The molecule has 0 amide bonds. The Kier molecular flexibility index (Phi) is 4.45. The van der Waals surface area contributed by atoms with Gasteiger partial charge in [-0.15, -0.1) is 0 Å². The molecule has 8 heavy (non-hydrogen) atoms. The van der Waals surface area contributed by atoms with Gasteiger partial charge in [0.15, 0.2) is 0 Å². The van der Waals surface area contributed by atoms with Crippen LogP contribution in [0.1, 0.15) is 6.42 Å². The van der Waals surface area contributed by atoms with E-state index in [1.165, 1.54) is 0 Å². The van der Waals surface area contributed by atoms with Gasteiger partial charge in [-0.05, 0) is 0 Å². The highest BCUT2D eigenvalue weighted by Gasteiger charge is 1.86. The Labute approximate surface area is 53.6 Å². The Hall–Kier alpha value is -0.440. The van der Waals surface area contributed by atoms with Gasteiger partial charge in [0.05, 0.1) is 6.42 Å². The zero-order valence-corrected chi connectivity index (χ0v) is 5.27. The van der Waals surface area contributed by atoms with Crippen LogP contribution in [0.4, 0.5) is 0 Å². The lowest BCUT2D eigenvalue weighted by Crippen LogP contribution is -1.89. The molecule has 0 atom stereocenters. The number of hydrogen-bond donors (Lipinski definition) is 2. The molecule has 46 valence electrons. The van der Waals surface area contributed by atoms with Crippen LogP contribution in [0.2, 0.25) is 0 Å². The van der Waals surface area contributed by atoms with Gasteiger partial charge in [-0.3, -0.25) is 4.79 Å². The van der Waals surface area contributed by atoms with E-state index in [4.69, 9.17) is 5.11 Å². The van der Waals surface area contributed by atoms with Crippen molar-refractivity contribution in [3.8, 4) is 0 Å². The van der Waals surface area contributed by atoms with Gasteiger partial charge in [0.1, 0.15) is 0 Å². The van der Waals surface area contributed by atoms with E-state index in [1.54, 1.807) is 12.2 Å². The molecule has 0 aromatic rings. The van der Waals surface area contributed by atoms with E-state index in [2.05, 4.69) is 12.6 Å². The maximum Gasteiger partial charge on any atom is 0.307 e. The molecule has 0 aromatic carbocycles. The average molecular weight is 132 g/mol. The fourth-order valence-corrected chi connectivity index (χ4v) is 0.408. The van der Waals surface area contributed by atoms with E-state index in [-0.39, 0.29) is 6.42 Å². The summed E-state index contributed by atoms with van der Waals surface area (Å²) in [4.78, 5) is 9.80. The van der Waals surface area contributed by atoms with Crippen molar-refractivity contribution in [3.63, 3.8) is 0 Å². The predicted octanol–water partition coefficient (Wildman–Crippen LogP) is 0.947. The first kappa shape index (κ1) is 7.56. The molecule has 0 rings (SSSR count). The van der Waals surface area contributed by atoms with Crippen molar-refractivity contribution in [1.82, 2.24) is 0 Å². The summed E-state index contributed by atoms with van der Waals surface area (Å²) in [5, 5.41) is 8.06. The van der Waals surface area contributed by atoms with Crippen molar-refractivity contribution >= 4 is 18.6 Å². The predicted molar refractivity (Wildman–Crippen MR) is 35.2 cm³/mol. The number of hydrogen-bond acceptors (Lipinski definition) is 2. The molecule has 0 aliphatic carbocycles. The molecule has 0 aromatic heterocycles. The van der Waals surface area contributed by atoms with Crippen LogP contribution in [0.25, 0.3) is 0 Å². The number of thiol groups is 1. The smallest absolute Gasteiger partial charge is 0.307 e. The van der Waals surface area contributed by atoms with Gasteiger partial charge in [-0.25, -0.2) is 0 Å². The fraction of sp³-hybridized carbons (Fsp3) is 0.400. The van der Waals surface area contributed by atoms with Crippen molar-refractivity contribution in [1.29, 1.82) is 0 Å². The molecule has 0 fully saturated rings. The maximum atomic E-state index is 9.80. The Morgan fingerprint density at radius 3 is 2.62 bits per heavy atom. The zero-order valence-electron chi connectivity index (χ0n) is 4.37. The normalized spacial score (nSPS) is 10.1. The van der Waals surface area contributed by atoms with Crippen LogP contribution >= 0.6 is 12.6 Å². The standard InChI is InChI=1S/C5H8O2S/c6-5(7)3-1-2-4-8/h1-2,8H,3-4H2,(H,6,7)/b2-1-. The van der Waals surface area contributed by atoms with Gasteiger partial charge >= 0.3 is 5.97 Å². The second-order valence-electron chi connectivity index (χ2n) is 1.25. The van der Waals surface area contributed by atoms with Crippen molar-refractivity contribution in [2.75, 3.05) is 5.75 Å². The first-order valence-electron chi connectivity index (χ1n) is 2.25. The minimum Gasteiger partial charge on any atom is -0.481 e. The largest absolute Gasteiger partial charge is 0.481 e. The average Bonchev–Trinajstić information content (AvgIpc) is 1.66. The lowest BCUT2D eigenvalue weighted by Gasteiger charge is -1.79. The van der Waals surface area contributed by atoms with Crippen LogP contribution in [0.3, 0.4) is 0 Å². The molecule has 1 N–H and O–H groups in total. The number of carboxylic acids is 1. The summed E-state index contributed by atoms with van der Waals surface area (Å²) in [5.74, 6) is -0.198. The lowest BCUT2D eigenvalue weighted by atomic mass is 10.4. The van der Waals surface area contributed by atoms with E-state index in [9.17, 15) is 4.79 Å². The van der Waals surface area contributed by atoms with Gasteiger partial charge in [0.2, 0.25) is 0 Å². The fourth-order valence-electron chi connectivity index (χ4n) is 0.259. The van der Waals surface area contributed by atoms with Crippen LogP contribution in [-0.2, 0) is 4.79 Å². The highest BCUT2D eigenvalue weighted by Crippen LogP contribution is 1.83.